The van der Waals surface area contributed by atoms with Crippen LogP contribution in [0.15, 0.2) is 36.9 Å². The summed E-state index contributed by atoms with van der Waals surface area (Å²) >= 11 is 0. The van der Waals surface area contributed by atoms with Crippen molar-refractivity contribution in [1.82, 2.24) is 24.6 Å². The van der Waals surface area contributed by atoms with Gasteiger partial charge in [0.25, 0.3) is 0 Å². The third-order valence-electron chi connectivity index (χ3n) is 7.95. The number of aromatic nitrogens is 4. The standard InChI is InChI=1S/C26H37N7OS/c1-35(2)18-17-34-21-31-12-4-24-23(3-9-29-25(24)31)22-19-30-32(20-22)26(5-8-27)6-13-33(14-7-26)15-10-28-11-16-33/h3-4,9,12,19-20,28H,5-7,10-11,13-18,21H2,1-2H3/q+2. The van der Waals surface area contributed by atoms with E-state index in [1.54, 1.807) is 0 Å². The van der Waals surface area contributed by atoms with Crippen molar-refractivity contribution in [2.45, 2.75) is 31.5 Å². The first kappa shape index (κ1) is 24.3. The summed E-state index contributed by atoms with van der Waals surface area (Å²) in [7, 11) is 0.389. The van der Waals surface area contributed by atoms with Crippen LogP contribution in [0, 0.1) is 11.3 Å². The molecule has 0 atom stereocenters. The van der Waals surface area contributed by atoms with E-state index in [1.165, 1.54) is 17.6 Å². The Balaban J connectivity index is 1.36. The molecule has 1 spiro atoms. The predicted molar refractivity (Wildman–Crippen MR) is 141 cm³/mol. The van der Waals surface area contributed by atoms with Gasteiger partial charge in [-0.25, -0.2) is 4.98 Å². The molecule has 0 amide bonds. The molecule has 5 heterocycles. The van der Waals surface area contributed by atoms with Gasteiger partial charge in [-0.2, -0.15) is 10.4 Å². The molecule has 2 aliphatic heterocycles. The van der Waals surface area contributed by atoms with Crippen LogP contribution < -0.4 is 5.32 Å². The third kappa shape index (κ3) is 4.98. The fraction of sp³-hybridized carbons (Fsp3) is 0.577. The Kier molecular flexibility index (Phi) is 7.17. The summed E-state index contributed by atoms with van der Waals surface area (Å²) < 4.78 is 11.2. The molecule has 9 heteroatoms. The van der Waals surface area contributed by atoms with Gasteiger partial charge in [0.1, 0.15) is 18.1 Å². The zero-order chi connectivity index (χ0) is 24.3. The van der Waals surface area contributed by atoms with Crippen LogP contribution in [-0.4, -0.2) is 88.0 Å². The Morgan fingerprint density at radius 2 is 2.00 bits per heavy atom. The molecule has 3 aromatic heterocycles. The van der Waals surface area contributed by atoms with Crippen LogP contribution in [-0.2, 0) is 27.9 Å². The molecule has 0 aromatic carbocycles. The van der Waals surface area contributed by atoms with Gasteiger partial charge in [-0.3, -0.25) is 4.68 Å². The number of hydrogen-bond acceptors (Lipinski definition) is 5. The Hall–Kier alpha value is -2.38. The summed E-state index contributed by atoms with van der Waals surface area (Å²) in [5.74, 6) is 1.08. The maximum atomic E-state index is 9.71. The molecule has 0 radical (unpaired) electrons. The van der Waals surface area contributed by atoms with Gasteiger partial charge in [-0.05, 0) is 28.6 Å². The highest BCUT2D eigenvalue weighted by molar-refractivity contribution is 7.95. The molecule has 0 bridgehead atoms. The van der Waals surface area contributed by atoms with Crippen molar-refractivity contribution in [3.63, 3.8) is 0 Å². The summed E-state index contributed by atoms with van der Waals surface area (Å²) in [6.07, 6.45) is 15.0. The van der Waals surface area contributed by atoms with E-state index in [2.05, 4.69) is 62.7 Å². The van der Waals surface area contributed by atoms with Gasteiger partial charge in [0.15, 0.2) is 0 Å². The molecule has 1 N–H and O–H groups in total. The molecule has 0 saturated carbocycles. The zero-order valence-electron chi connectivity index (χ0n) is 20.9. The molecule has 5 rings (SSSR count). The predicted octanol–water partition coefficient (Wildman–Crippen LogP) is 2.57. The normalized spacial score (nSPS) is 19.4. The number of rotatable bonds is 8. The van der Waals surface area contributed by atoms with Crippen LogP contribution in [0.3, 0.4) is 0 Å². The van der Waals surface area contributed by atoms with Gasteiger partial charge >= 0.3 is 0 Å². The molecule has 3 aromatic rings. The number of piperazine rings is 1. The number of fused-ring (bicyclic) bond motifs is 1. The summed E-state index contributed by atoms with van der Waals surface area (Å²) in [5, 5.41) is 19.1. The lowest BCUT2D eigenvalue weighted by atomic mass is 9.83. The Bertz CT molecular complexity index is 1180. The Morgan fingerprint density at radius 3 is 2.74 bits per heavy atom. The van der Waals surface area contributed by atoms with Crippen molar-refractivity contribution in [3.8, 4) is 17.2 Å². The minimum atomic E-state index is -0.218. The number of nitrogens with one attached hydrogen (secondary N) is 1. The van der Waals surface area contributed by atoms with Crippen molar-refractivity contribution in [2.24, 2.45) is 0 Å². The van der Waals surface area contributed by atoms with E-state index >= 15 is 0 Å². The van der Waals surface area contributed by atoms with Crippen LogP contribution in [0.4, 0.5) is 0 Å². The zero-order valence-corrected chi connectivity index (χ0v) is 21.8. The van der Waals surface area contributed by atoms with Crippen LogP contribution in [0.2, 0.25) is 0 Å². The van der Waals surface area contributed by atoms with E-state index in [0.717, 1.165) is 73.5 Å². The average molecular weight is 496 g/mol. The molecular weight excluding hydrogens is 458 g/mol. The molecule has 186 valence electrons. The number of quaternary nitrogens is 1. The quantitative estimate of drug-likeness (QED) is 0.295. The molecule has 2 fully saturated rings. The summed E-state index contributed by atoms with van der Waals surface area (Å²) in [5.41, 5.74) is 2.91. The Labute approximate surface area is 210 Å². The van der Waals surface area contributed by atoms with Gasteiger partial charge < -0.3 is 19.1 Å². The van der Waals surface area contributed by atoms with E-state index in [9.17, 15) is 5.26 Å². The first-order valence-electron chi connectivity index (χ1n) is 12.6. The lowest BCUT2D eigenvalue weighted by molar-refractivity contribution is -0.935. The highest BCUT2D eigenvalue weighted by atomic mass is 32.2. The first-order valence-corrected chi connectivity index (χ1v) is 14.8. The molecule has 2 saturated heterocycles. The van der Waals surface area contributed by atoms with Crippen LogP contribution in [0.1, 0.15) is 19.3 Å². The number of ether oxygens (including phenoxy) is 1. The second kappa shape index (κ2) is 10.3. The third-order valence-corrected chi connectivity index (χ3v) is 8.93. The monoisotopic (exact) mass is 495 g/mol. The summed E-state index contributed by atoms with van der Waals surface area (Å²) in [4.78, 5) is 4.64. The molecular formula is C26H37N7OS+2. The lowest BCUT2D eigenvalue weighted by Gasteiger charge is -2.49. The average Bonchev–Trinajstić information content (AvgIpc) is 3.52. The number of piperidine rings is 1. The van der Waals surface area contributed by atoms with Crippen LogP contribution in [0.5, 0.6) is 0 Å². The van der Waals surface area contributed by atoms with E-state index < -0.39 is 0 Å². The van der Waals surface area contributed by atoms with E-state index in [0.29, 0.717) is 24.0 Å². The van der Waals surface area contributed by atoms with Gasteiger partial charge in [0, 0.05) is 55.5 Å². The summed E-state index contributed by atoms with van der Waals surface area (Å²) in [6.45, 7) is 8.10. The van der Waals surface area contributed by atoms with Crippen LogP contribution in [0.25, 0.3) is 22.2 Å². The van der Waals surface area contributed by atoms with E-state index in [4.69, 9.17) is 9.84 Å². The maximum absolute atomic E-state index is 9.71. The maximum Gasteiger partial charge on any atom is 0.142 e. The lowest BCUT2D eigenvalue weighted by Crippen LogP contribution is -2.64. The smallest absolute Gasteiger partial charge is 0.142 e. The molecule has 35 heavy (non-hydrogen) atoms. The van der Waals surface area contributed by atoms with Crippen molar-refractivity contribution in [1.29, 1.82) is 5.26 Å². The molecule has 8 nitrogen and oxygen atoms in total. The first-order chi connectivity index (χ1) is 17.0. The number of pyridine rings is 1. The number of hydrogen-bond donors (Lipinski definition) is 1. The molecule has 2 aliphatic rings. The van der Waals surface area contributed by atoms with Crippen molar-refractivity contribution in [3.05, 3.63) is 36.9 Å². The number of nitrogens with zero attached hydrogens (tertiary/aromatic N) is 6. The fourth-order valence-corrected chi connectivity index (χ4v) is 6.09. The van der Waals surface area contributed by atoms with Crippen molar-refractivity contribution >= 4 is 21.9 Å². The highest BCUT2D eigenvalue weighted by Crippen LogP contribution is 2.38. The van der Waals surface area contributed by atoms with Gasteiger partial charge in [0.2, 0.25) is 0 Å². The van der Waals surface area contributed by atoms with Gasteiger partial charge in [0.05, 0.1) is 69.5 Å². The van der Waals surface area contributed by atoms with E-state index in [-0.39, 0.29) is 5.54 Å². The molecule has 0 aliphatic carbocycles. The minimum Gasteiger partial charge on any atom is -0.356 e. The molecule has 0 unspecified atom stereocenters. The van der Waals surface area contributed by atoms with Crippen LogP contribution >= 0.6 is 0 Å². The Morgan fingerprint density at radius 1 is 1.20 bits per heavy atom. The number of nitriles is 1. The van der Waals surface area contributed by atoms with Gasteiger partial charge in [-0.15, -0.1) is 0 Å². The minimum absolute atomic E-state index is 0.218. The topological polar surface area (TPSA) is 80.7 Å². The van der Waals surface area contributed by atoms with Gasteiger partial charge in [-0.1, -0.05) is 0 Å². The fourth-order valence-electron chi connectivity index (χ4n) is 5.63. The largest absolute Gasteiger partial charge is 0.356 e. The van der Waals surface area contributed by atoms with E-state index in [1.807, 2.05) is 12.4 Å². The van der Waals surface area contributed by atoms with Crippen molar-refractivity contribution in [2.75, 3.05) is 64.1 Å². The second-order valence-electron chi connectivity index (χ2n) is 10.3. The highest BCUT2D eigenvalue weighted by Gasteiger charge is 2.44. The van der Waals surface area contributed by atoms with Crippen molar-refractivity contribution < 1.29 is 9.22 Å². The summed E-state index contributed by atoms with van der Waals surface area (Å²) in [6, 6.07) is 6.66. The second-order valence-corrected chi connectivity index (χ2v) is 12.7. The SMILES string of the molecule is C[S+](C)CCOCn1ccc2c(-c3cnn(C4(CC#N)CC[N+]5(CCNCC5)CC4)c3)ccnc21.